The first-order chi connectivity index (χ1) is 14.0. The van der Waals surface area contributed by atoms with Crippen LogP contribution in [-0.4, -0.2) is 32.0 Å². The van der Waals surface area contributed by atoms with Crippen molar-refractivity contribution in [3.8, 4) is 11.4 Å². The van der Waals surface area contributed by atoms with E-state index in [4.69, 9.17) is 0 Å². The van der Waals surface area contributed by atoms with Crippen LogP contribution in [0.25, 0.3) is 11.4 Å². The number of aromatic nitrogens is 2. The lowest BCUT2D eigenvalue weighted by Gasteiger charge is -2.26. The fraction of sp³-hybridized carbons (Fsp3) is 0.136. The maximum absolute atomic E-state index is 13.5. The Morgan fingerprint density at radius 3 is 2.55 bits per heavy atom. The van der Waals surface area contributed by atoms with Crippen molar-refractivity contribution >= 4 is 5.71 Å². The lowest BCUT2D eigenvalue weighted by atomic mass is 10.1. The first-order valence-corrected chi connectivity index (χ1v) is 9.05. The topological polar surface area (TPSA) is 61.6 Å². The molecule has 4 rings (SSSR count). The van der Waals surface area contributed by atoms with Gasteiger partial charge in [0.1, 0.15) is 11.6 Å². The third-order valence-electron chi connectivity index (χ3n) is 4.43. The van der Waals surface area contributed by atoms with Crippen LogP contribution in [0.1, 0.15) is 16.8 Å². The van der Waals surface area contributed by atoms with Crippen LogP contribution in [0.4, 0.5) is 8.78 Å². The molecule has 0 aliphatic carbocycles. The summed E-state index contributed by atoms with van der Waals surface area (Å²) in [6, 6.07) is 12.6. The highest BCUT2D eigenvalue weighted by Crippen LogP contribution is 2.19. The van der Waals surface area contributed by atoms with Gasteiger partial charge in [0.15, 0.2) is 6.23 Å². The second kappa shape index (κ2) is 7.89. The molecule has 2 aromatic heterocycles. The third kappa shape index (κ3) is 4.35. The van der Waals surface area contributed by atoms with Gasteiger partial charge in [-0.15, -0.1) is 0 Å². The fourth-order valence-electron chi connectivity index (χ4n) is 2.99. The van der Waals surface area contributed by atoms with E-state index < -0.39 is 17.9 Å². The minimum Gasteiger partial charge on any atom is -0.369 e. The molecule has 1 aromatic carbocycles. The van der Waals surface area contributed by atoms with Gasteiger partial charge < -0.3 is 5.11 Å². The van der Waals surface area contributed by atoms with Crippen molar-refractivity contribution in [3.05, 3.63) is 95.3 Å². The summed E-state index contributed by atoms with van der Waals surface area (Å²) in [7, 11) is 0. The smallest absolute Gasteiger partial charge is 0.162 e. The largest absolute Gasteiger partial charge is 0.369 e. The molecule has 1 atom stereocenters. The molecule has 5 nitrogen and oxygen atoms in total. The molecule has 0 radical (unpaired) electrons. The predicted molar refractivity (Wildman–Crippen MR) is 106 cm³/mol. The van der Waals surface area contributed by atoms with Gasteiger partial charge in [0.05, 0.1) is 29.3 Å². The van der Waals surface area contributed by atoms with Crippen molar-refractivity contribution in [2.75, 3.05) is 0 Å². The van der Waals surface area contributed by atoms with Crippen LogP contribution in [0, 0.1) is 18.6 Å². The summed E-state index contributed by atoms with van der Waals surface area (Å²) in [4.78, 5) is 8.98. The number of hydrazone groups is 1. The summed E-state index contributed by atoms with van der Waals surface area (Å²) in [5, 5.41) is 16.0. The van der Waals surface area contributed by atoms with E-state index in [-0.39, 0.29) is 6.54 Å². The van der Waals surface area contributed by atoms with Gasteiger partial charge in [0.25, 0.3) is 0 Å². The van der Waals surface area contributed by atoms with E-state index in [2.05, 4.69) is 15.1 Å². The molecule has 0 spiro atoms. The summed E-state index contributed by atoms with van der Waals surface area (Å²) in [5.74, 6) is -1.37. The van der Waals surface area contributed by atoms with Crippen LogP contribution in [0.2, 0.25) is 0 Å². The monoisotopic (exact) mass is 392 g/mol. The van der Waals surface area contributed by atoms with E-state index in [0.29, 0.717) is 22.7 Å². The molecule has 1 aliphatic rings. The molecule has 0 amide bonds. The van der Waals surface area contributed by atoms with E-state index in [1.807, 2.05) is 37.3 Å². The number of rotatable bonds is 4. The molecule has 1 unspecified atom stereocenters. The van der Waals surface area contributed by atoms with Gasteiger partial charge in [-0.2, -0.15) is 5.10 Å². The summed E-state index contributed by atoms with van der Waals surface area (Å²) in [5.41, 5.74) is 3.83. The molecule has 3 aromatic rings. The lowest BCUT2D eigenvalue weighted by molar-refractivity contribution is 0.0349. The molecule has 0 saturated carbocycles. The van der Waals surface area contributed by atoms with Gasteiger partial charge in [0.2, 0.25) is 0 Å². The van der Waals surface area contributed by atoms with Gasteiger partial charge in [-0.3, -0.25) is 9.99 Å². The molecule has 0 bridgehead atoms. The Labute approximate surface area is 166 Å². The number of pyridine rings is 2. The zero-order chi connectivity index (χ0) is 20.4. The number of hydrogen-bond donors (Lipinski definition) is 1. The van der Waals surface area contributed by atoms with E-state index in [9.17, 15) is 13.9 Å². The summed E-state index contributed by atoms with van der Waals surface area (Å²) in [6.45, 7) is 2.18. The number of nitrogens with zero attached hydrogens (tertiary/aromatic N) is 4. The summed E-state index contributed by atoms with van der Waals surface area (Å²) in [6.07, 6.45) is 3.85. The minimum atomic E-state index is -0.972. The molecule has 0 fully saturated rings. The van der Waals surface area contributed by atoms with E-state index in [1.165, 1.54) is 29.3 Å². The molecular formula is C22H18F2N4O. The molecule has 3 heterocycles. The Balaban J connectivity index is 1.59. The number of allylic oxidation sites excluding steroid dienone is 1. The molecular weight excluding hydrogens is 374 g/mol. The van der Waals surface area contributed by atoms with Gasteiger partial charge >= 0.3 is 0 Å². The van der Waals surface area contributed by atoms with E-state index in [1.54, 1.807) is 6.20 Å². The van der Waals surface area contributed by atoms with Crippen molar-refractivity contribution in [1.82, 2.24) is 15.0 Å². The van der Waals surface area contributed by atoms with Crippen molar-refractivity contribution in [3.63, 3.8) is 0 Å². The van der Waals surface area contributed by atoms with Crippen molar-refractivity contribution in [2.45, 2.75) is 19.7 Å². The Kier molecular flexibility index (Phi) is 5.14. The fourth-order valence-corrected chi connectivity index (χ4v) is 2.99. The number of aliphatic hydroxyl groups is 1. The van der Waals surface area contributed by atoms with Gasteiger partial charge in [-0.1, -0.05) is 12.1 Å². The van der Waals surface area contributed by atoms with Crippen LogP contribution in [0.15, 0.2) is 72.0 Å². The zero-order valence-electron chi connectivity index (χ0n) is 15.6. The molecule has 146 valence electrons. The van der Waals surface area contributed by atoms with Gasteiger partial charge in [-0.25, -0.2) is 13.8 Å². The predicted octanol–water partition coefficient (Wildman–Crippen LogP) is 3.82. The van der Waals surface area contributed by atoms with E-state index in [0.717, 1.165) is 17.3 Å². The minimum absolute atomic E-state index is 0.215. The Morgan fingerprint density at radius 1 is 1.03 bits per heavy atom. The van der Waals surface area contributed by atoms with Crippen molar-refractivity contribution < 1.29 is 13.9 Å². The highest BCUT2D eigenvalue weighted by Gasteiger charge is 2.19. The first-order valence-electron chi connectivity index (χ1n) is 9.05. The first kappa shape index (κ1) is 18.9. The summed E-state index contributed by atoms with van der Waals surface area (Å²) >= 11 is 0. The maximum atomic E-state index is 13.5. The number of aryl methyl sites for hydroxylation is 1. The van der Waals surface area contributed by atoms with Crippen LogP contribution in [0.3, 0.4) is 0 Å². The SMILES string of the molecule is Cc1ccc(-c2cccc(CN3N=C(c4cc(F)cc(F)c4)C=CC3O)n2)nc1. The average molecular weight is 392 g/mol. The molecule has 0 saturated heterocycles. The zero-order valence-corrected chi connectivity index (χ0v) is 15.6. The van der Waals surface area contributed by atoms with Gasteiger partial charge in [0, 0.05) is 17.8 Å². The normalized spacial score (nSPS) is 16.1. The lowest BCUT2D eigenvalue weighted by Crippen LogP contribution is -2.32. The Bertz CT molecular complexity index is 1080. The number of halogens is 2. The second-order valence-electron chi connectivity index (χ2n) is 6.75. The average Bonchev–Trinajstić information content (AvgIpc) is 2.70. The number of aliphatic hydroxyl groups excluding tert-OH is 1. The Hall–Kier alpha value is -3.45. The molecule has 1 aliphatic heterocycles. The maximum Gasteiger partial charge on any atom is 0.162 e. The van der Waals surface area contributed by atoms with Crippen molar-refractivity contribution in [1.29, 1.82) is 0 Å². The van der Waals surface area contributed by atoms with Crippen LogP contribution in [0.5, 0.6) is 0 Å². The molecule has 7 heteroatoms. The van der Waals surface area contributed by atoms with Crippen LogP contribution >= 0.6 is 0 Å². The van der Waals surface area contributed by atoms with Crippen LogP contribution in [-0.2, 0) is 6.54 Å². The summed E-state index contributed by atoms with van der Waals surface area (Å²) < 4.78 is 27.1. The quantitative estimate of drug-likeness (QED) is 0.733. The third-order valence-corrected chi connectivity index (χ3v) is 4.43. The van der Waals surface area contributed by atoms with E-state index >= 15 is 0 Å². The molecule has 1 N–H and O–H groups in total. The van der Waals surface area contributed by atoms with Crippen molar-refractivity contribution in [2.24, 2.45) is 5.10 Å². The molecule has 29 heavy (non-hydrogen) atoms. The number of hydrogen-bond acceptors (Lipinski definition) is 5. The highest BCUT2D eigenvalue weighted by molar-refractivity contribution is 6.08. The van der Waals surface area contributed by atoms with Crippen LogP contribution < -0.4 is 0 Å². The highest BCUT2D eigenvalue weighted by atomic mass is 19.1. The standard InChI is InChI=1S/C22H18F2N4O/c1-14-5-6-20(25-12-14)21-4-2-3-18(26-21)13-28-22(29)8-7-19(27-28)15-9-16(23)11-17(24)10-15/h2-12,22,29H,13H2,1H3. The van der Waals surface area contributed by atoms with Gasteiger partial charge in [-0.05, 0) is 55.0 Å². The Morgan fingerprint density at radius 2 is 1.83 bits per heavy atom. The number of benzene rings is 1. The second-order valence-corrected chi connectivity index (χ2v) is 6.75.